The first kappa shape index (κ1) is 19.0. The maximum atomic E-state index is 13.3. The van der Waals surface area contributed by atoms with Crippen LogP contribution >= 0.6 is 0 Å². The van der Waals surface area contributed by atoms with Gasteiger partial charge in [-0.1, -0.05) is 12.1 Å². The van der Waals surface area contributed by atoms with Crippen LogP contribution in [0.25, 0.3) is 22.4 Å². The van der Waals surface area contributed by atoms with Gasteiger partial charge in [-0.2, -0.15) is 5.10 Å². The lowest BCUT2D eigenvalue weighted by molar-refractivity contribution is 0.545. The van der Waals surface area contributed by atoms with E-state index in [0.29, 0.717) is 6.54 Å². The molecule has 1 N–H and O–H groups in total. The highest BCUT2D eigenvalue weighted by Crippen LogP contribution is 2.26. The first-order valence-corrected chi connectivity index (χ1v) is 9.55. The molecule has 0 amide bonds. The molecule has 0 saturated carbocycles. The monoisotopic (exact) mass is 387 g/mol. The van der Waals surface area contributed by atoms with Crippen LogP contribution in [0.5, 0.6) is 0 Å². The number of halogens is 1. The Morgan fingerprint density at radius 1 is 0.931 bits per heavy atom. The molecule has 0 spiro atoms. The molecule has 0 aliphatic heterocycles. The number of rotatable bonds is 7. The highest BCUT2D eigenvalue weighted by Gasteiger charge is 2.10. The number of pyridine rings is 2. The Labute approximate surface area is 169 Å². The maximum absolute atomic E-state index is 13.3. The predicted molar refractivity (Wildman–Crippen MR) is 112 cm³/mol. The second-order valence-electron chi connectivity index (χ2n) is 6.85. The van der Waals surface area contributed by atoms with Gasteiger partial charge in [0.1, 0.15) is 5.82 Å². The van der Waals surface area contributed by atoms with E-state index in [0.717, 1.165) is 46.7 Å². The third-order valence-corrected chi connectivity index (χ3v) is 4.84. The van der Waals surface area contributed by atoms with Crippen LogP contribution in [0.4, 0.5) is 4.39 Å². The van der Waals surface area contributed by atoms with E-state index in [4.69, 9.17) is 4.98 Å². The molecule has 4 aromatic rings. The summed E-state index contributed by atoms with van der Waals surface area (Å²) in [6.07, 6.45) is 7.18. The Balaban J connectivity index is 1.56. The largest absolute Gasteiger partial charge is 0.311 e. The summed E-state index contributed by atoms with van der Waals surface area (Å²) in [7, 11) is 0. The van der Waals surface area contributed by atoms with Crippen LogP contribution in [-0.2, 0) is 13.1 Å². The minimum absolute atomic E-state index is 0.245. The molecule has 0 saturated heterocycles. The highest BCUT2D eigenvalue weighted by molar-refractivity contribution is 5.69. The fourth-order valence-corrected chi connectivity index (χ4v) is 3.26. The van der Waals surface area contributed by atoms with E-state index in [2.05, 4.69) is 21.5 Å². The zero-order valence-electron chi connectivity index (χ0n) is 16.2. The van der Waals surface area contributed by atoms with Gasteiger partial charge in [0.15, 0.2) is 0 Å². The molecule has 0 atom stereocenters. The van der Waals surface area contributed by atoms with E-state index in [1.165, 1.54) is 12.1 Å². The lowest BCUT2D eigenvalue weighted by atomic mass is 10.0. The Kier molecular flexibility index (Phi) is 5.72. The molecule has 0 aliphatic carbocycles. The summed E-state index contributed by atoms with van der Waals surface area (Å²) in [4.78, 5) is 8.81. The molecule has 0 bridgehead atoms. The molecule has 0 unspecified atom stereocenters. The van der Waals surface area contributed by atoms with E-state index in [1.54, 1.807) is 24.5 Å². The average Bonchev–Trinajstić information content (AvgIpc) is 3.17. The van der Waals surface area contributed by atoms with Gasteiger partial charge in [0.25, 0.3) is 0 Å². The predicted octanol–water partition coefficient (Wildman–Crippen LogP) is 4.24. The van der Waals surface area contributed by atoms with Crippen molar-refractivity contribution in [3.63, 3.8) is 0 Å². The fourth-order valence-electron chi connectivity index (χ4n) is 3.26. The minimum atomic E-state index is -0.245. The van der Waals surface area contributed by atoms with Crippen LogP contribution in [0.1, 0.15) is 11.3 Å². The first-order valence-electron chi connectivity index (χ1n) is 9.55. The molecular formula is C23H22FN5. The average molecular weight is 387 g/mol. The second-order valence-corrected chi connectivity index (χ2v) is 6.85. The molecule has 146 valence electrons. The van der Waals surface area contributed by atoms with Gasteiger partial charge in [0, 0.05) is 54.7 Å². The lowest BCUT2D eigenvalue weighted by Crippen LogP contribution is -2.21. The van der Waals surface area contributed by atoms with Gasteiger partial charge in [0.2, 0.25) is 0 Å². The summed E-state index contributed by atoms with van der Waals surface area (Å²) in [6, 6.07) is 14.5. The summed E-state index contributed by atoms with van der Waals surface area (Å²) in [5.41, 5.74) is 6.06. The third-order valence-electron chi connectivity index (χ3n) is 4.84. The normalized spacial score (nSPS) is 11.0. The Morgan fingerprint density at radius 3 is 2.45 bits per heavy atom. The second kappa shape index (κ2) is 8.75. The van der Waals surface area contributed by atoms with Crippen molar-refractivity contribution in [3.8, 4) is 22.4 Å². The van der Waals surface area contributed by atoms with Crippen LogP contribution in [0.15, 0.2) is 73.3 Å². The Morgan fingerprint density at radius 2 is 1.72 bits per heavy atom. The quantitative estimate of drug-likeness (QED) is 0.482. The Bertz CT molecular complexity index is 1070. The topological polar surface area (TPSA) is 55.6 Å². The highest BCUT2D eigenvalue weighted by atomic mass is 19.1. The smallest absolute Gasteiger partial charge is 0.123 e. The van der Waals surface area contributed by atoms with Gasteiger partial charge in [-0.25, -0.2) is 4.39 Å². The van der Waals surface area contributed by atoms with Crippen LogP contribution in [-0.4, -0.2) is 26.3 Å². The number of aromatic nitrogens is 4. The molecule has 0 radical (unpaired) electrons. The molecule has 3 heterocycles. The zero-order valence-corrected chi connectivity index (χ0v) is 16.2. The van der Waals surface area contributed by atoms with Crippen molar-refractivity contribution >= 4 is 0 Å². The molecule has 5 nitrogen and oxygen atoms in total. The van der Waals surface area contributed by atoms with Gasteiger partial charge >= 0.3 is 0 Å². The van der Waals surface area contributed by atoms with Crippen molar-refractivity contribution in [1.82, 2.24) is 25.1 Å². The van der Waals surface area contributed by atoms with Crippen molar-refractivity contribution in [1.29, 1.82) is 0 Å². The van der Waals surface area contributed by atoms with E-state index in [1.807, 2.05) is 42.2 Å². The van der Waals surface area contributed by atoms with E-state index >= 15 is 0 Å². The summed E-state index contributed by atoms with van der Waals surface area (Å²) in [5, 5.41) is 7.80. The van der Waals surface area contributed by atoms with Crippen molar-refractivity contribution in [3.05, 3.63) is 90.4 Å². The standard InChI is InChI=1S/C23H22FN5/c1-17-6-11-28-29(17)13-12-26-15-21-14-20(18-2-4-22(24)5-3-18)16-27-23(21)19-7-9-25-10-8-19/h2-11,14,16,26H,12-13,15H2,1H3. The molecule has 1 aromatic carbocycles. The summed E-state index contributed by atoms with van der Waals surface area (Å²) >= 11 is 0. The molecule has 6 heteroatoms. The van der Waals surface area contributed by atoms with Crippen LogP contribution in [0.2, 0.25) is 0 Å². The zero-order chi connectivity index (χ0) is 20.1. The summed E-state index contributed by atoms with van der Waals surface area (Å²) in [5.74, 6) is -0.245. The van der Waals surface area contributed by atoms with Crippen LogP contribution in [0.3, 0.4) is 0 Å². The molecule has 29 heavy (non-hydrogen) atoms. The van der Waals surface area contributed by atoms with E-state index < -0.39 is 0 Å². The van der Waals surface area contributed by atoms with Crippen molar-refractivity contribution < 1.29 is 4.39 Å². The number of hydrogen-bond donors (Lipinski definition) is 1. The SMILES string of the molecule is Cc1ccnn1CCNCc1cc(-c2ccc(F)cc2)cnc1-c1ccncc1. The number of benzene rings is 1. The number of aryl methyl sites for hydroxylation is 1. The van der Waals surface area contributed by atoms with Crippen molar-refractivity contribution in [2.75, 3.05) is 6.54 Å². The van der Waals surface area contributed by atoms with Gasteiger partial charge in [-0.05, 0) is 54.4 Å². The molecule has 4 rings (SSSR count). The number of nitrogens with zero attached hydrogens (tertiary/aromatic N) is 4. The number of hydrogen-bond acceptors (Lipinski definition) is 4. The van der Waals surface area contributed by atoms with Crippen molar-refractivity contribution in [2.45, 2.75) is 20.0 Å². The number of nitrogens with one attached hydrogen (secondary N) is 1. The molecule has 0 aliphatic rings. The lowest BCUT2D eigenvalue weighted by Gasteiger charge is -2.13. The van der Waals surface area contributed by atoms with Gasteiger partial charge in [-0.15, -0.1) is 0 Å². The maximum Gasteiger partial charge on any atom is 0.123 e. The van der Waals surface area contributed by atoms with Crippen LogP contribution < -0.4 is 5.32 Å². The molecular weight excluding hydrogens is 365 g/mol. The third kappa shape index (κ3) is 4.55. The Hall–Kier alpha value is -3.38. The van der Waals surface area contributed by atoms with Crippen molar-refractivity contribution in [2.24, 2.45) is 0 Å². The first-order chi connectivity index (χ1) is 14.2. The minimum Gasteiger partial charge on any atom is -0.311 e. The van der Waals surface area contributed by atoms with Gasteiger partial charge in [-0.3, -0.25) is 14.6 Å². The van der Waals surface area contributed by atoms with Gasteiger partial charge in [0.05, 0.1) is 12.2 Å². The van der Waals surface area contributed by atoms with Crippen LogP contribution in [0, 0.1) is 12.7 Å². The fraction of sp³-hybridized carbons (Fsp3) is 0.174. The van der Waals surface area contributed by atoms with E-state index in [9.17, 15) is 4.39 Å². The molecule has 0 fully saturated rings. The van der Waals surface area contributed by atoms with Gasteiger partial charge < -0.3 is 5.32 Å². The summed E-state index contributed by atoms with van der Waals surface area (Å²) in [6.45, 7) is 4.30. The van der Waals surface area contributed by atoms with E-state index in [-0.39, 0.29) is 5.82 Å². The summed E-state index contributed by atoms with van der Waals surface area (Å²) < 4.78 is 15.3. The molecule has 3 aromatic heterocycles.